The molecule has 1 fully saturated rings. The van der Waals surface area contributed by atoms with Gasteiger partial charge in [0.15, 0.2) is 0 Å². The molecule has 0 saturated carbocycles. The van der Waals surface area contributed by atoms with Crippen molar-refractivity contribution in [2.75, 3.05) is 32.7 Å². The molecule has 0 N–H and O–H groups in total. The molecular formula is C22H25N3O3. The van der Waals surface area contributed by atoms with Crippen LogP contribution in [0.2, 0.25) is 0 Å². The van der Waals surface area contributed by atoms with Gasteiger partial charge in [-0.3, -0.25) is 14.4 Å². The van der Waals surface area contributed by atoms with Crippen molar-refractivity contribution in [2.45, 2.75) is 13.5 Å². The average Bonchev–Trinajstić information content (AvgIpc) is 2.77. The van der Waals surface area contributed by atoms with Crippen LogP contribution in [0.3, 0.4) is 0 Å². The molecule has 2 aromatic rings. The Labute approximate surface area is 165 Å². The van der Waals surface area contributed by atoms with Crippen LogP contribution in [0.15, 0.2) is 54.6 Å². The van der Waals surface area contributed by atoms with Crippen LogP contribution in [-0.4, -0.2) is 65.6 Å². The third kappa shape index (κ3) is 4.57. The molecule has 0 aromatic heterocycles. The Kier molecular flexibility index (Phi) is 6.42. The first-order valence-electron chi connectivity index (χ1n) is 9.54. The molecule has 6 nitrogen and oxygen atoms in total. The third-order valence-corrected chi connectivity index (χ3v) is 5.01. The van der Waals surface area contributed by atoms with Crippen LogP contribution < -0.4 is 0 Å². The van der Waals surface area contributed by atoms with E-state index < -0.39 is 0 Å². The summed E-state index contributed by atoms with van der Waals surface area (Å²) in [5, 5.41) is 0. The SMILES string of the molecule is CCN(Cc1ccccc1)C(=O)c1ccc(C(=O)N2CCN(C=O)CC2)cc1. The fourth-order valence-electron chi connectivity index (χ4n) is 3.28. The molecular weight excluding hydrogens is 354 g/mol. The molecule has 0 aliphatic carbocycles. The Morgan fingerprint density at radius 2 is 1.54 bits per heavy atom. The van der Waals surface area contributed by atoms with Crippen molar-refractivity contribution >= 4 is 18.2 Å². The number of carbonyl (C=O) groups is 3. The molecule has 0 atom stereocenters. The predicted octanol–water partition coefficient (Wildman–Crippen LogP) is 2.26. The molecule has 1 saturated heterocycles. The van der Waals surface area contributed by atoms with Gasteiger partial charge in [0.2, 0.25) is 6.41 Å². The maximum atomic E-state index is 12.8. The van der Waals surface area contributed by atoms with Crippen LogP contribution >= 0.6 is 0 Å². The van der Waals surface area contributed by atoms with Crippen molar-refractivity contribution in [3.8, 4) is 0 Å². The van der Waals surface area contributed by atoms with Gasteiger partial charge in [0, 0.05) is 50.4 Å². The van der Waals surface area contributed by atoms with Crippen LogP contribution in [-0.2, 0) is 11.3 Å². The smallest absolute Gasteiger partial charge is 0.254 e. The van der Waals surface area contributed by atoms with Gasteiger partial charge in [0.05, 0.1) is 0 Å². The van der Waals surface area contributed by atoms with Crippen molar-refractivity contribution in [3.63, 3.8) is 0 Å². The van der Waals surface area contributed by atoms with Gasteiger partial charge < -0.3 is 14.7 Å². The minimum atomic E-state index is -0.0684. The van der Waals surface area contributed by atoms with Crippen LogP contribution in [0.25, 0.3) is 0 Å². The first-order chi connectivity index (χ1) is 13.6. The normalized spacial score (nSPS) is 13.9. The fourth-order valence-corrected chi connectivity index (χ4v) is 3.28. The number of piperazine rings is 1. The minimum Gasteiger partial charge on any atom is -0.342 e. The lowest BCUT2D eigenvalue weighted by Crippen LogP contribution is -2.48. The summed E-state index contributed by atoms with van der Waals surface area (Å²) >= 11 is 0. The summed E-state index contributed by atoms with van der Waals surface area (Å²) in [6, 6.07) is 16.7. The lowest BCUT2D eigenvalue weighted by molar-refractivity contribution is -0.119. The minimum absolute atomic E-state index is 0.0510. The van der Waals surface area contributed by atoms with E-state index in [1.807, 2.05) is 37.3 Å². The second-order valence-electron chi connectivity index (χ2n) is 6.82. The Morgan fingerprint density at radius 3 is 2.11 bits per heavy atom. The first kappa shape index (κ1) is 19.6. The lowest BCUT2D eigenvalue weighted by atomic mass is 10.1. The van der Waals surface area contributed by atoms with Crippen LogP contribution in [0, 0.1) is 0 Å². The van der Waals surface area contributed by atoms with Crippen molar-refractivity contribution in [3.05, 3.63) is 71.3 Å². The van der Waals surface area contributed by atoms with E-state index in [1.54, 1.807) is 39.0 Å². The fraction of sp³-hybridized carbons (Fsp3) is 0.318. The summed E-state index contributed by atoms with van der Waals surface area (Å²) in [4.78, 5) is 41.4. The quantitative estimate of drug-likeness (QED) is 0.724. The van der Waals surface area contributed by atoms with E-state index >= 15 is 0 Å². The van der Waals surface area contributed by atoms with E-state index in [2.05, 4.69) is 0 Å². The molecule has 0 radical (unpaired) electrons. The van der Waals surface area contributed by atoms with Crippen LogP contribution in [0.5, 0.6) is 0 Å². The molecule has 3 amide bonds. The van der Waals surface area contributed by atoms with E-state index in [4.69, 9.17) is 0 Å². The maximum absolute atomic E-state index is 12.8. The van der Waals surface area contributed by atoms with Crippen molar-refractivity contribution in [1.29, 1.82) is 0 Å². The first-order valence-corrected chi connectivity index (χ1v) is 9.54. The predicted molar refractivity (Wildman–Crippen MR) is 107 cm³/mol. The summed E-state index contributed by atoms with van der Waals surface area (Å²) in [6.07, 6.45) is 0.817. The molecule has 3 rings (SSSR count). The molecule has 0 spiro atoms. The zero-order chi connectivity index (χ0) is 19.9. The highest BCUT2D eigenvalue weighted by molar-refractivity contribution is 5.97. The number of hydrogen-bond acceptors (Lipinski definition) is 3. The summed E-state index contributed by atoms with van der Waals surface area (Å²) in [6.45, 7) is 5.27. The Bertz CT molecular complexity index is 813. The zero-order valence-electron chi connectivity index (χ0n) is 16.1. The largest absolute Gasteiger partial charge is 0.342 e. The molecule has 2 aromatic carbocycles. The maximum Gasteiger partial charge on any atom is 0.254 e. The highest BCUT2D eigenvalue weighted by atomic mass is 16.2. The van der Waals surface area contributed by atoms with Crippen LogP contribution in [0.4, 0.5) is 0 Å². The van der Waals surface area contributed by atoms with Gasteiger partial charge in [-0.25, -0.2) is 0 Å². The van der Waals surface area contributed by atoms with Gasteiger partial charge in [-0.05, 0) is 36.8 Å². The van der Waals surface area contributed by atoms with Gasteiger partial charge in [0.25, 0.3) is 11.8 Å². The van der Waals surface area contributed by atoms with Gasteiger partial charge in [0.1, 0.15) is 0 Å². The van der Waals surface area contributed by atoms with Gasteiger partial charge in [-0.2, -0.15) is 0 Å². The summed E-state index contributed by atoms with van der Waals surface area (Å²) < 4.78 is 0. The molecule has 0 unspecified atom stereocenters. The van der Waals surface area contributed by atoms with Crippen molar-refractivity contribution < 1.29 is 14.4 Å². The molecule has 0 bridgehead atoms. The van der Waals surface area contributed by atoms with Gasteiger partial charge >= 0.3 is 0 Å². The number of carbonyl (C=O) groups excluding carboxylic acids is 3. The van der Waals surface area contributed by atoms with Gasteiger partial charge in [-0.1, -0.05) is 30.3 Å². The number of rotatable bonds is 6. The summed E-state index contributed by atoms with van der Waals surface area (Å²) in [5.74, 6) is -0.119. The van der Waals surface area contributed by atoms with E-state index in [0.29, 0.717) is 50.4 Å². The molecule has 28 heavy (non-hydrogen) atoms. The molecule has 1 heterocycles. The standard InChI is InChI=1S/C22H25N3O3/c1-2-24(16-18-6-4-3-5-7-18)21(27)19-8-10-20(11-9-19)22(28)25-14-12-23(17-26)13-15-25/h3-11,17H,2,12-16H2,1H3. The number of benzene rings is 2. The average molecular weight is 379 g/mol. The number of hydrogen-bond donors (Lipinski definition) is 0. The summed E-state index contributed by atoms with van der Waals surface area (Å²) in [5.41, 5.74) is 2.21. The lowest BCUT2D eigenvalue weighted by Gasteiger charge is -2.32. The number of nitrogens with zero attached hydrogens (tertiary/aromatic N) is 3. The molecule has 6 heteroatoms. The van der Waals surface area contributed by atoms with Gasteiger partial charge in [-0.15, -0.1) is 0 Å². The Balaban J connectivity index is 1.65. The monoisotopic (exact) mass is 379 g/mol. The summed E-state index contributed by atoms with van der Waals surface area (Å²) in [7, 11) is 0. The highest BCUT2D eigenvalue weighted by Gasteiger charge is 2.22. The third-order valence-electron chi connectivity index (χ3n) is 5.01. The second kappa shape index (κ2) is 9.17. The van der Waals surface area contributed by atoms with E-state index in [1.165, 1.54) is 0 Å². The van der Waals surface area contributed by atoms with Crippen molar-refractivity contribution in [1.82, 2.24) is 14.7 Å². The Morgan fingerprint density at radius 1 is 0.929 bits per heavy atom. The highest BCUT2D eigenvalue weighted by Crippen LogP contribution is 2.13. The molecule has 1 aliphatic rings. The molecule has 146 valence electrons. The van der Waals surface area contributed by atoms with Crippen molar-refractivity contribution in [2.24, 2.45) is 0 Å². The topological polar surface area (TPSA) is 60.9 Å². The number of amides is 3. The zero-order valence-corrected chi connectivity index (χ0v) is 16.1. The van der Waals surface area contributed by atoms with Crippen LogP contribution in [0.1, 0.15) is 33.2 Å². The second-order valence-corrected chi connectivity index (χ2v) is 6.82. The van der Waals surface area contributed by atoms with E-state index in [9.17, 15) is 14.4 Å². The van der Waals surface area contributed by atoms with E-state index in [-0.39, 0.29) is 11.8 Å². The Hall–Kier alpha value is -3.15. The van der Waals surface area contributed by atoms with E-state index in [0.717, 1.165) is 12.0 Å². The molecule has 1 aliphatic heterocycles.